The lowest BCUT2D eigenvalue weighted by Crippen LogP contribution is -2.05. The van der Waals surface area contributed by atoms with Crippen LogP contribution in [0.5, 0.6) is 17.2 Å². The van der Waals surface area contributed by atoms with Gasteiger partial charge in [0.25, 0.3) is 0 Å². The molecule has 26 heavy (non-hydrogen) atoms. The fourth-order valence-corrected chi connectivity index (χ4v) is 2.45. The molecule has 140 valence electrons. The number of anilines is 1. The van der Waals surface area contributed by atoms with Crippen LogP contribution in [0, 0.1) is 0 Å². The predicted octanol–water partition coefficient (Wildman–Crippen LogP) is 5.66. The minimum atomic E-state index is 0.170. The topological polar surface area (TPSA) is 39.7 Å². The molecule has 0 saturated carbocycles. The first kappa shape index (κ1) is 19.7. The fourth-order valence-electron chi connectivity index (χ4n) is 2.45. The van der Waals surface area contributed by atoms with E-state index in [1.165, 1.54) is 19.3 Å². The van der Waals surface area contributed by atoms with Gasteiger partial charge in [0.2, 0.25) is 6.79 Å². The Morgan fingerprint density at radius 1 is 0.769 bits per heavy atom. The minimum absolute atomic E-state index is 0.170. The van der Waals surface area contributed by atoms with E-state index in [2.05, 4.69) is 11.9 Å². The van der Waals surface area contributed by atoms with Crippen molar-refractivity contribution >= 4 is 5.69 Å². The molecule has 0 saturated heterocycles. The van der Waals surface area contributed by atoms with Crippen LogP contribution in [0.4, 0.5) is 5.69 Å². The van der Waals surface area contributed by atoms with Gasteiger partial charge in [0.05, 0.1) is 6.61 Å². The van der Waals surface area contributed by atoms with Crippen molar-refractivity contribution in [1.29, 1.82) is 0 Å². The maximum atomic E-state index is 5.75. The molecule has 0 bridgehead atoms. The van der Waals surface area contributed by atoms with Gasteiger partial charge in [-0.1, -0.05) is 18.9 Å². The summed E-state index contributed by atoms with van der Waals surface area (Å²) in [5.41, 5.74) is 1.05. The van der Waals surface area contributed by atoms with Crippen LogP contribution in [-0.4, -0.2) is 20.4 Å². The second-order valence-corrected chi connectivity index (χ2v) is 5.99. The largest absolute Gasteiger partial charge is 0.494 e. The molecular formula is C22H29NO3. The van der Waals surface area contributed by atoms with Gasteiger partial charge in [0.1, 0.15) is 17.2 Å². The molecule has 0 spiro atoms. The number of benzene rings is 2. The Kier molecular flexibility index (Phi) is 8.98. The van der Waals surface area contributed by atoms with Gasteiger partial charge in [0, 0.05) is 12.7 Å². The van der Waals surface area contributed by atoms with Crippen LogP contribution in [0.15, 0.2) is 61.2 Å². The van der Waals surface area contributed by atoms with Gasteiger partial charge in [-0.3, -0.25) is 0 Å². The summed E-state index contributed by atoms with van der Waals surface area (Å²) in [5, 5.41) is 3.07. The highest BCUT2D eigenvalue weighted by Gasteiger charge is 1.99. The maximum absolute atomic E-state index is 5.75. The van der Waals surface area contributed by atoms with Crippen LogP contribution >= 0.6 is 0 Å². The normalized spacial score (nSPS) is 10.2. The molecule has 2 rings (SSSR count). The van der Waals surface area contributed by atoms with Gasteiger partial charge < -0.3 is 19.5 Å². The monoisotopic (exact) mass is 355 g/mol. The number of nitrogens with one attached hydrogen (secondary N) is 1. The summed E-state index contributed by atoms with van der Waals surface area (Å²) in [7, 11) is 1.89. The first-order valence-corrected chi connectivity index (χ1v) is 9.19. The molecule has 0 amide bonds. The molecule has 0 unspecified atom stereocenters. The zero-order valence-corrected chi connectivity index (χ0v) is 15.6. The van der Waals surface area contributed by atoms with Gasteiger partial charge in [-0.15, -0.1) is 6.58 Å². The van der Waals surface area contributed by atoms with Crippen molar-refractivity contribution in [1.82, 2.24) is 0 Å². The van der Waals surface area contributed by atoms with Crippen LogP contribution in [0.3, 0.4) is 0 Å². The van der Waals surface area contributed by atoms with Crippen LogP contribution < -0.4 is 19.5 Å². The molecule has 0 aromatic heterocycles. The average Bonchev–Trinajstić information content (AvgIpc) is 2.69. The Hall–Kier alpha value is -2.62. The molecule has 4 heteroatoms. The first-order valence-electron chi connectivity index (χ1n) is 9.19. The third-order valence-corrected chi connectivity index (χ3v) is 3.99. The summed E-state index contributed by atoms with van der Waals surface area (Å²) in [5.74, 6) is 2.40. The third kappa shape index (κ3) is 7.51. The molecule has 0 atom stereocenters. The van der Waals surface area contributed by atoms with Crippen LogP contribution in [0.25, 0.3) is 0 Å². The van der Waals surface area contributed by atoms with E-state index in [1.807, 2.05) is 61.7 Å². The summed E-state index contributed by atoms with van der Waals surface area (Å²) < 4.78 is 16.9. The zero-order chi connectivity index (χ0) is 18.5. The highest BCUT2D eigenvalue weighted by molar-refractivity contribution is 5.45. The van der Waals surface area contributed by atoms with Gasteiger partial charge in [0.15, 0.2) is 0 Å². The van der Waals surface area contributed by atoms with E-state index in [9.17, 15) is 0 Å². The lowest BCUT2D eigenvalue weighted by Gasteiger charge is -2.10. The summed E-state index contributed by atoms with van der Waals surface area (Å²) in [6.07, 6.45) is 7.81. The zero-order valence-electron chi connectivity index (χ0n) is 15.6. The first-order chi connectivity index (χ1) is 12.8. The van der Waals surface area contributed by atoms with Crippen LogP contribution in [0.2, 0.25) is 0 Å². The molecule has 0 fully saturated rings. The number of ether oxygens (including phenoxy) is 3. The maximum Gasteiger partial charge on any atom is 0.230 e. The fraction of sp³-hybridized carbons (Fsp3) is 0.364. The second kappa shape index (κ2) is 11.9. The van der Waals surface area contributed by atoms with E-state index in [-0.39, 0.29) is 6.79 Å². The lowest BCUT2D eigenvalue weighted by molar-refractivity contribution is 0.120. The van der Waals surface area contributed by atoms with Crippen molar-refractivity contribution in [2.45, 2.75) is 32.1 Å². The number of hydrogen-bond donors (Lipinski definition) is 1. The van der Waals surface area contributed by atoms with Crippen molar-refractivity contribution in [3.05, 3.63) is 61.2 Å². The highest BCUT2D eigenvalue weighted by Crippen LogP contribution is 2.19. The Labute approximate surface area is 156 Å². The SMILES string of the molecule is C=CCCCCCCOc1ccc(OCOc2ccc(NC)cc2)cc1. The van der Waals surface area contributed by atoms with Gasteiger partial charge >= 0.3 is 0 Å². The van der Waals surface area contributed by atoms with Crippen molar-refractivity contribution in [2.75, 3.05) is 25.8 Å². The van der Waals surface area contributed by atoms with E-state index < -0.39 is 0 Å². The van der Waals surface area contributed by atoms with Gasteiger partial charge in [-0.2, -0.15) is 0 Å². The van der Waals surface area contributed by atoms with E-state index >= 15 is 0 Å². The smallest absolute Gasteiger partial charge is 0.230 e. The molecule has 0 aliphatic carbocycles. The molecule has 0 aliphatic heterocycles. The van der Waals surface area contributed by atoms with Crippen LogP contribution in [-0.2, 0) is 0 Å². The Bertz CT molecular complexity index is 623. The molecular weight excluding hydrogens is 326 g/mol. The molecule has 2 aromatic carbocycles. The van der Waals surface area contributed by atoms with E-state index in [0.717, 1.165) is 42.4 Å². The standard InChI is InChI=1S/C22H29NO3/c1-3-4-5-6-7-8-17-24-20-13-15-22(16-14-20)26-18-25-21-11-9-19(23-2)10-12-21/h3,9-16,23H,1,4-8,17-18H2,2H3. The summed E-state index contributed by atoms with van der Waals surface area (Å²) in [6.45, 7) is 4.66. The Balaban J connectivity index is 1.61. The predicted molar refractivity (Wildman–Crippen MR) is 107 cm³/mol. The van der Waals surface area contributed by atoms with Gasteiger partial charge in [-0.25, -0.2) is 0 Å². The number of unbranched alkanes of at least 4 members (excludes halogenated alkanes) is 4. The highest BCUT2D eigenvalue weighted by atomic mass is 16.7. The molecule has 2 aromatic rings. The molecule has 0 aliphatic rings. The quantitative estimate of drug-likeness (QED) is 0.286. The van der Waals surface area contributed by atoms with Crippen molar-refractivity contribution in [2.24, 2.45) is 0 Å². The van der Waals surface area contributed by atoms with E-state index in [1.54, 1.807) is 0 Å². The number of hydrogen-bond acceptors (Lipinski definition) is 4. The van der Waals surface area contributed by atoms with Crippen molar-refractivity contribution in [3.8, 4) is 17.2 Å². The average molecular weight is 355 g/mol. The molecule has 4 nitrogen and oxygen atoms in total. The van der Waals surface area contributed by atoms with Crippen molar-refractivity contribution in [3.63, 3.8) is 0 Å². The van der Waals surface area contributed by atoms with E-state index in [0.29, 0.717) is 0 Å². The molecule has 0 radical (unpaired) electrons. The van der Waals surface area contributed by atoms with Gasteiger partial charge in [-0.05, 0) is 67.8 Å². The Morgan fingerprint density at radius 2 is 1.31 bits per heavy atom. The Morgan fingerprint density at radius 3 is 1.88 bits per heavy atom. The summed E-state index contributed by atoms with van der Waals surface area (Å²) in [4.78, 5) is 0. The summed E-state index contributed by atoms with van der Waals surface area (Å²) in [6, 6.07) is 15.4. The minimum Gasteiger partial charge on any atom is -0.494 e. The molecule has 1 N–H and O–H groups in total. The third-order valence-electron chi connectivity index (χ3n) is 3.99. The second-order valence-electron chi connectivity index (χ2n) is 5.99. The number of rotatable bonds is 13. The summed E-state index contributed by atoms with van der Waals surface area (Å²) >= 11 is 0. The molecule has 0 heterocycles. The number of allylic oxidation sites excluding steroid dienone is 1. The van der Waals surface area contributed by atoms with Crippen molar-refractivity contribution < 1.29 is 14.2 Å². The lowest BCUT2D eigenvalue weighted by atomic mass is 10.1. The van der Waals surface area contributed by atoms with E-state index in [4.69, 9.17) is 14.2 Å². The van der Waals surface area contributed by atoms with Crippen LogP contribution in [0.1, 0.15) is 32.1 Å².